The van der Waals surface area contributed by atoms with Crippen LogP contribution >= 0.6 is 0 Å². The first-order valence-corrected chi connectivity index (χ1v) is 8.77. The van der Waals surface area contributed by atoms with Crippen LogP contribution in [0.2, 0.25) is 0 Å². The summed E-state index contributed by atoms with van der Waals surface area (Å²) in [5.41, 5.74) is 2.73. The molecule has 2 heterocycles. The third kappa shape index (κ3) is 3.85. The van der Waals surface area contributed by atoms with Gasteiger partial charge in [0.1, 0.15) is 12.4 Å². The molecule has 6 heteroatoms. The summed E-state index contributed by atoms with van der Waals surface area (Å²) >= 11 is 0. The molecule has 0 amide bonds. The van der Waals surface area contributed by atoms with Crippen molar-refractivity contribution in [3.05, 3.63) is 76.7 Å². The van der Waals surface area contributed by atoms with Crippen LogP contribution in [0.15, 0.2) is 65.5 Å². The molecule has 0 radical (unpaired) electrons. The Morgan fingerprint density at radius 2 is 1.85 bits per heavy atom. The van der Waals surface area contributed by atoms with Crippen LogP contribution in [-0.4, -0.2) is 29.4 Å². The first-order chi connectivity index (χ1) is 13.2. The van der Waals surface area contributed by atoms with Gasteiger partial charge >= 0.3 is 6.01 Å². The predicted octanol–water partition coefficient (Wildman–Crippen LogP) is 2.90. The number of rotatable bonds is 6. The molecule has 1 aliphatic heterocycles. The van der Waals surface area contributed by atoms with Gasteiger partial charge in [0, 0.05) is 13.2 Å². The van der Waals surface area contributed by atoms with Crippen molar-refractivity contribution in [3.63, 3.8) is 0 Å². The van der Waals surface area contributed by atoms with Crippen LogP contribution < -0.4 is 15.0 Å². The first kappa shape index (κ1) is 17.3. The van der Waals surface area contributed by atoms with Crippen molar-refractivity contribution >= 4 is 0 Å². The zero-order chi connectivity index (χ0) is 18.6. The molecule has 1 atom stereocenters. The number of ether oxygens (including phenoxy) is 3. The highest BCUT2D eigenvalue weighted by atomic mass is 16.6. The Labute approximate surface area is 157 Å². The highest BCUT2D eigenvalue weighted by Crippen LogP contribution is 2.24. The van der Waals surface area contributed by atoms with Gasteiger partial charge in [-0.15, -0.1) is 0 Å². The minimum atomic E-state index is -0.327. The van der Waals surface area contributed by atoms with E-state index in [-0.39, 0.29) is 11.7 Å². The van der Waals surface area contributed by atoms with Crippen LogP contribution in [0.5, 0.6) is 11.8 Å². The fourth-order valence-electron chi connectivity index (χ4n) is 3.12. The highest BCUT2D eigenvalue weighted by Gasteiger charge is 2.26. The molecule has 1 aliphatic rings. The Morgan fingerprint density at radius 1 is 1.11 bits per heavy atom. The summed E-state index contributed by atoms with van der Waals surface area (Å²) in [6, 6.07) is 19.9. The Morgan fingerprint density at radius 3 is 2.59 bits per heavy atom. The second-order valence-corrected chi connectivity index (χ2v) is 6.35. The van der Waals surface area contributed by atoms with E-state index in [0.717, 1.165) is 17.0 Å². The van der Waals surface area contributed by atoms with Gasteiger partial charge in [-0.3, -0.25) is 9.36 Å². The third-order valence-electron chi connectivity index (χ3n) is 4.42. The summed E-state index contributed by atoms with van der Waals surface area (Å²) in [4.78, 5) is 15.6. The second-order valence-electron chi connectivity index (χ2n) is 6.35. The van der Waals surface area contributed by atoms with Crippen molar-refractivity contribution in [1.82, 2.24) is 9.55 Å². The van der Waals surface area contributed by atoms with E-state index in [4.69, 9.17) is 14.2 Å². The fraction of sp³-hybridized carbons (Fsp3) is 0.238. The van der Waals surface area contributed by atoms with Gasteiger partial charge in [0.05, 0.1) is 18.8 Å². The smallest absolute Gasteiger partial charge is 0.300 e. The van der Waals surface area contributed by atoms with Gasteiger partial charge in [-0.2, -0.15) is 4.98 Å². The number of hydrogen-bond acceptors (Lipinski definition) is 5. The molecule has 0 N–H and O–H groups in total. The molecule has 27 heavy (non-hydrogen) atoms. The van der Waals surface area contributed by atoms with E-state index >= 15 is 0 Å². The van der Waals surface area contributed by atoms with Gasteiger partial charge < -0.3 is 14.2 Å². The lowest BCUT2D eigenvalue weighted by Gasteiger charge is -2.11. The molecule has 0 unspecified atom stereocenters. The summed E-state index contributed by atoms with van der Waals surface area (Å²) in [6.45, 7) is 1.28. The summed E-state index contributed by atoms with van der Waals surface area (Å²) in [5, 5.41) is 0. The van der Waals surface area contributed by atoms with Crippen molar-refractivity contribution < 1.29 is 14.2 Å². The maximum absolute atomic E-state index is 11.7. The molecule has 0 saturated heterocycles. The SMILES string of the molecule is COCc1cc(=O)nc2n1C[C@@H](COc1ccc(-c3ccccc3)cc1)O2. The summed E-state index contributed by atoms with van der Waals surface area (Å²) in [7, 11) is 1.59. The van der Waals surface area contributed by atoms with Gasteiger partial charge in [0.15, 0.2) is 6.10 Å². The van der Waals surface area contributed by atoms with Gasteiger partial charge in [-0.25, -0.2) is 0 Å². The first-order valence-electron chi connectivity index (χ1n) is 8.77. The molecule has 4 rings (SSSR count). The van der Waals surface area contributed by atoms with Crippen molar-refractivity contribution in [2.45, 2.75) is 19.3 Å². The average Bonchev–Trinajstić information content (AvgIpc) is 3.11. The fourth-order valence-corrected chi connectivity index (χ4v) is 3.12. The number of benzene rings is 2. The van der Waals surface area contributed by atoms with Gasteiger partial charge in [0.25, 0.3) is 5.56 Å². The summed E-state index contributed by atoms with van der Waals surface area (Å²) in [5.74, 6) is 0.772. The van der Waals surface area contributed by atoms with E-state index in [1.54, 1.807) is 7.11 Å². The van der Waals surface area contributed by atoms with Crippen LogP contribution in [0.4, 0.5) is 0 Å². The van der Waals surface area contributed by atoms with Gasteiger partial charge in [-0.1, -0.05) is 42.5 Å². The Hall–Kier alpha value is -3.12. The van der Waals surface area contributed by atoms with Crippen molar-refractivity contribution in [1.29, 1.82) is 0 Å². The lowest BCUT2D eigenvalue weighted by Crippen LogP contribution is -2.23. The summed E-state index contributed by atoms with van der Waals surface area (Å²) in [6.07, 6.45) is -0.205. The van der Waals surface area contributed by atoms with Crippen molar-refractivity contribution in [2.75, 3.05) is 13.7 Å². The average molecular weight is 364 g/mol. The molecule has 0 saturated carbocycles. The molecule has 6 nitrogen and oxygen atoms in total. The van der Waals surface area contributed by atoms with Gasteiger partial charge in [0.2, 0.25) is 0 Å². The minimum absolute atomic E-state index is 0.205. The number of methoxy groups -OCH3 is 1. The number of hydrogen-bond donors (Lipinski definition) is 0. The highest BCUT2D eigenvalue weighted by molar-refractivity contribution is 5.63. The lowest BCUT2D eigenvalue weighted by molar-refractivity contribution is 0.143. The quantitative estimate of drug-likeness (QED) is 0.673. The maximum atomic E-state index is 11.7. The molecule has 0 spiro atoms. The van der Waals surface area contributed by atoms with Crippen LogP contribution in [0, 0.1) is 0 Å². The van der Waals surface area contributed by atoms with Crippen LogP contribution in [0.3, 0.4) is 0 Å². The molecule has 3 aromatic rings. The predicted molar refractivity (Wildman–Crippen MR) is 101 cm³/mol. The second kappa shape index (κ2) is 7.63. The topological polar surface area (TPSA) is 62.6 Å². The number of nitrogens with zero attached hydrogens (tertiary/aromatic N) is 2. The zero-order valence-electron chi connectivity index (χ0n) is 15.0. The zero-order valence-corrected chi connectivity index (χ0v) is 15.0. The summed E-state index contributed by atoms with van der Waals surface area (Å²) < 4.78 is 18.6. The van der Waals surface area contributed by atoms with Crippen molar-refractivity contribution in [2.24, 2.45) is 0 Å². The van der Waals surface area contributed by atoms with E-state index in [0.29, 0.717) is 25.8 Å². The molecule has 1 aromatic heterocycles. The number of fused-ring (bicyclic) bond motifs is 1. The Bertz CT molecular complexity index is 968. The minimum Gasteiger partial charge on any atom is -0.490 e. The largest absolute Gasteiger partial charge is 0.490 e. The van der Waals surface area contributed by atoms with E-state index in [9.17, 15) is 4.79 Å². The normalized spacial score (nSPS) is 15.2. The van der Waals surface area contributed by atoms with Gasteiger partial charge in [-0.05, 0) is 23.3 Å². The van der Waals surface area contributed by atoms with Crippen LogP contribution in [-0.2, 0) is 17.9 Å². The van der Waals surface area contributed by atoms with E-state index in [1.165, 1.54) is 11.6 Å². The van der Waals surface area contributed by atoms with Crippen molar-refractivity contribution in [3.8, 4) is 22.9 Å². The van der Waals surface area contributed by atoms with E-state index in [1.807, 2.05) is 47.0 Å². The molecule has 2 aromatic carbocycles. The molecule has 138 valence electrons. The molecular weight excluding hydrogens is 344 g/mol. The Kier molecular flexibility index (Phi) is 4.89. The van der Waals surface area contributed by atoms with E-state index in [2.05, 4.69) is 17.1 Å². The third-order valence-corrected chi connectivity index (χ3v) is 4.42. The van der Waals surface area contributed by atoms with Crippen LogP contribution in [0.25, 0.3) is 11.1 Å². The molecule has 0 aliphatic carbocycles. The number of aromatic nitrogens is 2. The van der Waals surface area contributed by atoms with Crippen LogP contribution in [0.1, 0.15) is 5.69 Å². The molecular formula is C21H20N2O4. The molecule has 0 fully saturated rings. The Balaban J connectivity index is 1.40. The monoisotopic (exact) mass is 364 g/mol. The maximum Gasteiger partial charge on any atom is 0.300 e. The lowest BCUT2D eigenvalue weighted by atomic mass is 10.1. The molecule has 0 bridgehead atoms. The standard InChI is InChI=1S/C21H20N2O4/c1-25-13-17-11-20(24)22-21-23(17)12-19(27-21)14-26-18-9-7-16(8-10-18)15-5-3-2-4-6-15/h2-11,19H,12-14H2,1H3/t19-/m0/s1. The van der Waals surface area contributed by atoms with E-state index < -0.39 is 0 Å².